The van der Waals surface area contributed by atoms with Crippen LogP contribution in [-0.2, 0) is 14.3 Å². The summed E-state index contributed by atoms with van der Waals surface area (Å²) < 4.78 is 23.6. The molecule has 8 heteroatoms. The maximum absolute atomic E-state index is 13.6. The van der Waals surface area contributed by atoms with Gasteiger partial charge in [-0.2, -0.15) is 0 Å². The lowest BCUT2D eigenvalue weighted by atomic mass is 9.94. The number of amides is 1. The van der Waals surface area contributed by atoms with Gasteiger partial charge in [0, 0.05) is 25.0 Å². The Hall–Kier alpha value is -2.48. The quantitative estimate of drug-likeness (QED) is 0.688. The summed E-state index contributed by atoms with van der Waals surface area (Å²) in [6, 6.07) is 3.84. The largest absolute Gasteiger partial charge is 0.494 e. The van der Waals surface area contributed by atoms with Crippen LogP contribution in [0.25, 0.3) is 0 Å². The summed E-state index contributed by atoms with van der Waals surface area (Å²) in [5, 5.41) is 11.6. The third-order valence-electron chi connectivity index (χ3n) is 4.05. The monoisotopic (exact) mass is 353 g/mol. The zero-order valence-corrected chi connectivity index (χ0v) is 13.8. The van der Waals surface area contributed by atoms with Gasteiger partial charge in [0.1, 0.15) is 0 Å². The molecule has 25 heavy (non-hydrogen) atoms. The molecule has 1 aliphatic rings. The van der Waals surface area contributed by atoms with Gasteiger partial charge < -0.3 is 19.9 Å². The van der Waals surface area contributed by atoms with E-state index in [-0.39, 0.29) is 43.0 Å². The molecule has 0 saturated carbocycles. The first-order valence-corrected chi connectivity index (χ1v) is 7.82. The van der Waals surface area contributed by atoms with Crippen molar-refractivity contribution in [1.29, 1.82) is 0 Å². The van der Waals surface area contributed by atoms with Gasteiger partial charge in [0.25, 0.3) is 0 Å². The maximum Gasteiger partial charge on any atom is 0.305 e. The number of carbonyl (C=O) groups excluding carboxylic acids is 2. The van der Waals surface area contributed by atoms with E-state index in [1.807, 2.05) is 0 Å². The number of carboxylic acids is 1. The van der Waals surface area contributed by atoms with E-state index in [1.54, 1.807) is 0 Å². The first-order valence-electron chi connectivity index (χ1n) is 7.82. The molecule has 0 aromatic heterocycles. The van der Waals surface area contributed by atoms with Crippen molar-refractivity contribution in [3.63, 3.8) is 0 Å². The summed E-state index contributed by atoms with van der Waals surface area (Å²) in [7, 11) is 1.32. The molecular weight excluding hydrogens is 333 g/mol. The second-order valence-electron chi connectivity index (χ2n) is 5.97. The zero-order chi connectivity index (χ0) is 18.4. The summed E-state index contributed by atoms with van der Waals surface area (Å²) in [6.45, 7) is 0.500. The second-order valence-corrected chi connectivity index (χ2v) is 5.97. The van der Waals surface area contributed by atoms with E-state index < -0.39 is 23.2 Å². The Morgan fingerprint density at radius 2 is 2.12 bits per heavy atom. The number of carbonyl (C=O) groups is 3. The molecule has 1 aromatic rings. The summed E-state index contributed by atoms with van der Waals surface area (Å²) >= 11 is 0. The van der Waals surface area contributed by atoms with E-state index in [9.17, 15) is 18.8 Å². The molecule has 1 amide bonds. The Balaban J connectivity index is 1.91. The minimum Gasteiger partial charge on any atom is -0.494 e. The number of ether oxygens (including phenoxy) is 2. The summed E-state index contributed by atoms with van der Waals surface area (Å²) in [5.41, 5.74) is -0.784. The average molecular weight is 353 g/mol. The first-order chi connectivity index (χ1) is 11.8. The van der Waals surface area contributed by atoms with Crippen LogP contribution in [0.1, 0.15) is 36.0 Å². The van der Waals surface area contributed by atoms with Crippen LogP contribution in [-0.4, -0.2) is 48.6 Å². The maximum atomic E-state index is 13.6. The van der Waals surface area contributed by atoms with Crippen molar-refractivity contribution in [3.8, 4) is 5.75 Å². The number of methoxy groups -OCH3 is 1. The summed E-state index contributed by atoms with van der Waals surface area (Å²) in [5.74, 6) is -2.47. The Morgan fingerprint density at radius 1 is 1.36 bits per heavy atom. The lowest BCUT2D eigenvalue weighted by molar-refractivity contribution is -0.139. The number of carboxylic acid groups (broad SMARTS) is 1. The van der Waals surface area contributed by atoms with Gasteiger partial charge in [-0.1, -0.05) is 0 Å². The van der Waals surface area contributed by atoms with E-state index >= 15 is 0 Å². The van der Waals surface area contributed by atoms with Crippen LogP contribution in [0.5, 0.6) is 5.75 Å². The van der Waals surface area contributed by atoms with Crippen molar-refractivity contribution < 1.29 is 33.4 Å². The van der Waals surface area contributed by atoms with Gasteiger partial charge >= 0.3 is 5.97 Å². The molecule has 1 heterocycles. The van der Waals surface area contributed by atoms with Crippen LogP contribution >= 0.6 is 0 Å². The molecule has 1 atom stereocenters. The van der Waals surface area contributed by atoms with Crippen molar-refractivity contribution in [3.05, 3.63) is 29.6 Å². The summed E-state index contributed by atoms with van der Waals surface area (Å²) in [4.78, 5) is 35.1. The van der Waals surface area contributed by atoms with Crippen LogP contribution in [0.2, 0.25) is 0 Å². The Morgan fingerprint density at radius 3 is 2.68 bits per heavy atom. The number of Topliss-reactive ketones (excluding diaryl/α,β-unsaturated/α-hetero) is 1. The molecule has 0 bridgehead atoms. The van der Waals surface area contributed by atoms with E-state index in [0.29, 0.717) is 13.0 Å². The van der Waals surface area contributed by atoms with Crippen LogP contribution in [0.4, 0.5) is 4.39 Å². The molecule has 0 aliphatic carbocycles. The second kappa shape index (κ2) is 8.06. The highest BCUT2D eigenvalue weighted by Gasteiger charge is 2.38. The zero-order valence-electron chi connectivity index (χ0n) is 13.8. The van der Waals surface area contributed by atoms with Crippen molar-refractivity contribution in [2.75, 3.05) is 20.3 Å². The number of rotatable bonds is 8. The highest BCUT2D eigenvalue weighted by Crippen LogP contribution is 2.23. The number of halogens is 1. The standard InChI is InChI=1S/C17H20FNO6/c1-24-14-4-2-11(8-12(14)18)13(20)3-5-15(21)19-17(9-16(22)23)6-7-25-10-17/h2,4,8H,3,5-7,9-10H2,1H3,(H,19,21)(H,22,23). The first kappa shape index (κ1) is 18.9. The number of hydrogen-bond acceptors (Lipinski definition) is 5. The number of aliphatic carboxylic acids is 1. The molecular formula is C17H20FNO6. The number of ketones is 1. The Kier molecular flexibility index (Phi) is 6.08. The Bertz CT molecular complexity index is 669. The molecule has 1 saturated heterocycles. The fourth-order valence-electron chi connectivity index (χ4n) is 2.75. The molecule has 7 nitrogen and oxygen atoms in total. The number of hydrogen-bond donors (Lipinski definition) is 2. The van der Waals surface area contributed by atoms with Crippen LogP contribution in [0, 0.1) is 5.82 Å². The van der Waals surface area contributed by atoms with E-state index in [1.165, 1.54) is 19.2 Å². The molecule has 2 rings (SSSR count). The van der Waals surface area contributed by atoms with Crippen molar-refractivity contribution >= 4 is 17.7 Å². The van der Waals surface area contributed by atoms with E-state index in [4.69, 9.17) is 14.6 Å². The summed E-state index contributed by atoms with van der Waals surface area (Å²) in [6.07, 6.45) is -0.0610. The minimum atomic E-state index is -1.03. The highest BCUT2D eigenvalue weighted by molar-refractivity contribution is 5.98. The van der Waals surface area contributed by atoms with Crippen LogP contribution in [0.15, 0.2) is 18.2 Å². The molecule has 136 valence electrons. The average Bonchev–Trinajstić information content (AvgIpc) is 2.99. The number of benzene rings is 1. The molecule has 0 radical (unpaired) electrons. The fourth-order valence-corrected chi connectivity index (χ4v) is 2.75. The molecule has 1 unspecified atom stereocenters. The van der Waals surface area contributed by atoms with Gasteiger partial charge in [-0.05, 0) is 24.6 Å². The van der Waals surface area contributed by atoms with Gasteiger partial charge in [-0.15, -0.1) is 0 Å². The van der Waals surface area contributed by atoms with Gasteiger partial charge in [0.2, 0.25) is 5.91 Å². The Labute approximate surface area is 144 Å². The van der Waals surface area contributed by atoms with Gasteiger partial charge in [-0.3, -0.25) is 14.4 Å². The molecule has 2 N–H and O–H groups in total. The van der Waals surface area contributed by atoms with Crippen LogP contribution < -0.4 is 10.1 Å². The van der Waals surface area contributed by atoms with Crippen LogP contribution in [0.3, 0.4) is 0 Å². The fraction of sp³-hybridized carbons (Fsp3) is 0.471. The van der Waals surface area contributed by atoms with Gasteiger partial charge in [-0.25, -0.2) is 4.39 Å². The van der Waals surface area contributed by atoms with Crippen molar-refractivity contribution in [2.24, 2.45) is 0 Å². The predicted octanol–water partition coefficient (Wildman–Crippen LogP) is 1.55. The van der Waals surface area contributed by atoms with Crippen molar-refractivity contribution in [2.45, 2.75) is 31.2 Å². The van der Waals surface area contributed by atoms with E-state index in [0.717, 1.165) is 6.07 Å². The van der Waals surface area contributed by atoms with E-state index in [2.05, 4.69) is 5.32 Å². The topological polar surface area (TPSA) is 102 Å². The predicted molar refractivity (Wildman–Crippen MR) is 85.1 cm³/mol. The lowest BCUT2D eigenvalue weighted by Crippen LogP contribution is -2.50. The SMILES string of the molecule is COc1ccc(C(=O)CCC(=O)NC2(CC(=O)O)CCOC2)cc1F. The molecule has 0 spiro atoms. The van der Waals surface area contributed by atoms with Crippen molar-refractivity contribution in [1.82, 2.24) is 5.32 Å². The minimum absolute atomic E-state index is 0.0335. The molecule has 1 fully saturated rings. The normalized spacial score (nSPS) is 19.4. The number of nitrogens with one attached hydrogen (secondary N) is 1. The van der Waals surface area contributed by atoms with Gasteiger partial charge in [0.05, 0.1) is 25.7 Å². The molecule has 1 aliphatic heterocycles. The molecule has 1 aromatic carbocycles. The lowest BCUT2D eigenvalue weighted by Gasteiger charge is -2.26. The third kappa shape index (κ3) is 4.99. The highest BCUT2D eigenvalue weighted by atomic mass is 19.1. The third-order valence-corrected chi connectivity index (χ3v) is 4.05. The van der Waals surface area contributed by atoms with Gasteiger partial charge in [0.15, 0.2) is 17.3 Å². The smallest absolute Gasteiger partial charge is 0.305 e.